The third-order valence-electron chi connectivity index (χ3n) is 3.23. The summed E-state index contributed by atoms with van der Waals surface area (Å²) in [6.07, 6.45) is 0. The van der Waals surface area contributed by atoms with Gasteiger partial charge in [0.25, 0.3) is 5.91 Å². The van der Waals surface area contributed by atoms with Crippen LogP contribution >= 0.6 is 11.8 Å². The highest BCUT2D eigenvalue weighted by atomic mass is 32.2. The summed E-state index contributed by atoms with van der Waals surface area (Å²) in [5.74, 6) is 0.483. The van der Waals surface area contributed by atoms with Crippen molar-refractivity contribution in [2.45, 2.75) is 18.7 Å². The second-order valence-electron chi connectivity index (χ2n) is 5.11. The van der Waals surface area contributed by atoms with Gasteiger partial charge in [-0.15, -0.1) is 11.8 Å². The number of thioether (sulfide) groups is 1. The molecule has 0 bridgehead atoms. The van der Waals surface area contributed by atoms with E-state index >= 15 is 0 Å². The van der Waals surface area contributed by atoms with Crippen molar-refractivity contribution in [1.82, 2.24) is 15.1 Å². The van der Waals surface area contributed by atoms with Crippen LogP contribution in [0.2, 0.25) is 0 Å². The molecule has 0 aliphatic carbocycles. The Bertz CT molecular complexity index is 664. The predicted octanol–water partition coefficient (Wildman–Crippen LogP) is 2.79. The van der Waals surface area contributed by atoms with Crippen LogP contribution in [-0.4, -0.2) is 46.1 Å². The van der Waals surface area contributed by atoms with Crippen molar-refractivity contribution < 1.29 is 9.59 Å². The summed E-state index contributed by atoms with van der Waals surface area (Å²) in [5.41, 5.74) is 1.86. The van der Waals surface area contributed by atoms with Crippen molar-refractivity contribution >= 4 is 23.5 Å². The zero-order valence-electron chi connectivity index (χ0n) is 12.9. The molecule has 2 rings (SSSR count). The number of rotatable bonds is 6. The number of aromatic nitrogens is 2. The Kier molecular flexibility index (Phi) is 5.38. The monoisotopic (exact) mass is 317 g/mol. The highest BCUT2D eigenvalue weighted by molar-refractivity contribution is 7.99. The smallest absolute Gasteiger partial charge is 0.271 e. The highest BCUT2D eigenvalue weighted by Gasteiger charge is 2.15. The topological polar surface area (TPSA) is 66.1 Å². The van der Waals surface area contributed by atoms with Crippen LogP contribution < -0.4 is 0 Å². The maximum absolute atomic E-state index is 12.2. The minimum absolute atomic E-state index is 0.159. The maximum atomic E-state index is 12.2. The van der Waals surface area contributed by atoms with Gasteiger partial charge in [0.2, 0.25) is 0 Å². The lowest BCUT2D eigenvalue weighted by Gasteiger charge is -2.15. The van der Waals surface area contributed by atoms with Gasteiger partial charge < -0.3 is 4.90 Å². The quantitative estimate of drug-likeness (QED) is 0.657. The van der Waals surface area contributed by atoms with Crippen LogP contribution in [0.4, 0.5) is 0 Å². The number of nitrogens with one attached hydrogen (secondary N) is 1. The minimum Gasteiger partial charge on any atom is -0.340 e. The van der Waals surface area contributed by atoms with Crippen LogP contribution in [0.15, 0.2) is 35.2 Å². The van der Waals surface area contributed by atoms with E-state index in [2.05, 4.69) is 41.4 Å². The molecule has 0 aliphatic heterocycles. The van der Waals surface area contributed by atoms with E-state index in [1.807, 2.05) is 0 Å². The molecule has 0 saturated heterocycles. The number of H-pyrrole nitrogens is 1. The molecule has 6 heteroatoms. The van der Waals surface area contributed by atoms with Crippen LogP contribution in [0.5, 0.6) is 0 Å². The Morgan fingerprint density at radius 3 is 2.55 bits per heavy atom. The van der Waals surface area contributed by atoms with Gasteiger partial charge in [0.1, 0.15) is 11.4 Å². The number of carbonyl (C=O) groups is 2. The molecule has 0 atom stereocenters. The SMILES string of the molecule is CC(=O)c1cc(C(=O)N(C)CCSc2ccc(C)cc2)[nH]n1. The molecule has 2 aromatic rings. The Morgan fingerprint density at radius 2 is 1.95 bits per heavy atom. The van der Waals surface area contributed by atoms with Crippen LogP contribution in [0.25, 0.3) is 0 Å². The number of hydrogen-bond acceptors (Lipinski definition) is 4. The van der Waals surface area contributed by atoms with E-state index in [9.17, 15) is 9.59 Å². The fraction of sp³-hybridized carbons (Fsp3) is 0.312. The lowest BCUT2D eigenvalue weighted by Crippen LogP contribution is -2.29. The average Bonchev–Trinajstić information content (AvgIpc) is 2.98. The van der Waals surface area contributed by atoms with Gasteiger partial charge in [-0.3, -0.25) is 14.7 Å². The third kappa shape index (κ3) is 4.21. The Labute approximate surface area is 134 Å². The molecule has 22 heavy (non-hydrogen) atoms. The van der Waals surface area contributed by atoms with Crippen LogP contribution in [0.3, 0.4) is 0 Å². The molecule has 1 heterocycles. The van der Waals surface area contributed by atoms with E-state index < -0.39 is 0 Å². The fourth-order valence-corrected chi connectivity index (χ4v) is 2.78. The molecule has 0 fully saturated rings. The number of carbonyl (C=O) groups excluding carboxylic acids is 2. The van der Waals surface area contributed by atoms with E-state index in [1.54, 1.807) is 23.7 Å². The summed E-state index contributed by atoms with van der Waals surface area (Å²) in [7, 11) is 1.74. The van der Waals surface area contributed by atoms with Crippen molar-refractivity contribution in [1.29, 1.82) is 0 Å². The Morgan fingerprint density at radius 1 is 1.27 bits per heavy atom. The van der Waals surface area contributed by atoms with E-state index in [0.29, 0.717) is 12.2 Å². The first-order chi connectivity index (χ1) is 10.5. The van der Waals surface area contributed by atoms with Crippen LogP contribution in [0, 0.1) is 6.92 Å². The van der Waals surface area contributed by atoms with Gasteiger partial charge in [0, 0.05) is 31.2 Å². The van der Waals surface area contributed by atoms with Crippen molar-refractivity contribution in [3.8, 4) is 0 Å². The summed E-state index contributed by atoms with van der Waals surface area (Å²) in [6.45, 7) is 4.10. The zero-order valence-corrected chi connectivity index (χ0v) is 13.7. The Hall–Kier alpha value is -2.08. The predicted molar refractivity (Wildman–Crippen MR) is 87.5 cm³/mol. The summed E-state index contributed by atoms with van der Waals surface area (Å²) in [6, 6.07) is 9.80. The first-order valence-electron chi connectivity index (χ1n) is 6.98. The number of nitrogens with zero attached hydrogens (tertiary/aromatic N) is 2. The second-order valence-corrected chi connectivity index (χ2v) is 6.28. The molecule has 0 aliphatic rings. The molecule has 116 valence electrons. The van der Waals surface area contributed by atoms with E-state index in [4.69, 9.17) is 0 Å². The lowest BCUT2D eigenvalue weighted by molar-refractivity contribution is 0.0798. The minimum atomic E-state index is -0.162. The molecule has 1 amide bonds. The Balaban J connectivity index is 1.85. The highest BCUT2D eigenvalue weighted by Crippen LogP contribution is 2.18. The molecule has 1 aromatic heterocycles. The summed E-state index contributed by atoms with van der Waals surface area (Å²) >= 11 is 1.71. The fourth-order valence-electron chi connectivity index (χ4n) is 1.85. The van der Waals surface area contributed by atoms with Crippen LogP contribution in [-0.2, 0) is 0 Å². The van der Waals surface area contributed by atoms with Crippen LogP contribution in [0.1, 0.15) is 33.5 Å². The summed E-state index contributed by atoms with van der Waals surface area (Å²) in [5, 5.41) is 6.44. The number of Topliss-reactive ketones (excluding diaryl/α,β-unsaturated/α-hetero) is 1. The van der Waals surface area contributed by atoms with Gasteiger partial charge >= 0.3 is 0 Å². The zero-order chi connectivity index (χ0) is 16.1. The van der Waals surface area contributed by atoms with Gasteiger partial charge in [-0.1, -0.05) is 17.7 Å². The number of benzene rings is 1. The van der Waals surface area contributed by atoms with Crippen molar-refractivity contribution in [2.24, 2.45) is 0 Å². The van der Waals surface area contributed by atoms with E-state index in [1.165, 1.54) is 23.4 Å². The van der Waals surface area contributed by atoms with E-state index in [-0.39, 0.29) is 17.4 Å². The number of aryl methyl sites for hydroxylation is 1. The normalized spacial score (nSPS) is 10.5. The molecule has 0 saturated carbocycles. The van der Waals surface area contributed by atoms with Gasteiger partial charge in [-0.2, -0.15) is 5.10 Å². The van der Waals surface area contributed by atoms with E-state index in [0.717, 1.165) is 5.75 Å². The summed E-state index contributed by atoms with van der Waals surface area (Å²) in [4.78, 5) is 26.2. The van der Waals surface area contributed by atoms with Crippen molar-refractivity contribution in [3.05, 3.63) is 47.3 Å². The first kappa shape index (κ1) is 16.3. The standard InChI is InChI=1S/C16H19N3O2S/c1-11-4-6-13(7-5-11)22-9-8-19(3)16(21)15-10-14(12(2)20)17-18-15/h4-7,10H,8-9H2,1-3H3,(H,17,18). The van der Waals surface area contributed by atoms with Crippen molar-refractivity contribution in [2.75, 3.05) is 19.3 Å². The second kappa shape index (κ2) is 7.26. The number of aromatic amines is 1. The van der Waals surface area contributed by atoms with Gasteiger partial charge in [0.15, 0.2) is 5.78 Å². The first-order valence-corrected chi connectivity index (χ1v) is 7.97. The molecule has 1 N–H and O–H groups in total. The summed E-state index contributed by atoms with van der Waals surface area (Å²) < 4.78 is 0. The maximum Gasteiger partial charge on any atom is 0.271 e. The molecular weight excluding hydrogens is 298 g/mol. The molecule has 1 aromatic carbocycles. The number of hydrogen-bond donors (Lipinski definition) is 1. The van der Waals surface area contributed by atoms with Gasteiger partial charge in [0.05, 0.1) is 0 Å². The number of amides is 1. The lowest BCUT2D eigenvalue weighted by atomic mass is 10.2. The largest absolute Gasteiger partial charge is 0.340 e. The van der Waals surface area contributed by atoms with Gasteiger partial charge in [-0.05, 0) is 25.1 Å². The molecule has 0 radical (unpaired) electrons. The molecule has 5 nitrogen and oxygen atoms in total. The van der Waals surface area contributed by atoms with Crippen molar-refractivity contribution in [3.63, 3.8) is 0 Å². The molecule has 0 spiro atoms. The molecular formula is C16H19N3O2S. The molecule has 0 unspecified atom stereocenters. The van der Waals surface area contributed by atoms with Gasteiger partial charge in [-0.25, -0.2) is 0 Å². The average molecular weight is 317 g/mol. The number of ketones is 1. The third-order valence-corrected chi connectivity index (χ3v) is 4.22.